The van der Waals surface area contributed by atoms with E-state index in [0.29, 0.717) is 6.54 Å². The Morgan fingerprint density at radius 2 is 1.75 bits per heavy atom. The van der Waals surface area contributed by atoms with Crippen LogP contribution < -0.4 is 5.32 Å². The van der Waals surface area contributed by atoms with Crippen molar-refractivity contribution in [3.63, 3.8) is 0 Å². The minimum absolute atomic E-state index is 0.00369. The summed E-state index contributed by atoms with van der Waals surface area (Å²) in [5.74, 6) is -1.71. The highest BCUT2D eigenvalue weighted by Crippen LogP contribution is 2.34. The molecule has 0 bridgehead atoms. The molecule has 1 heterocycles. The van der Waals surface area contributed by atoms with E-state index in [-0.39, 0.29) is 26.5 Å². The van der Waals surface area contributed by atoms with Crippen molar-refractivity contribution in [2.24, 2.45) is 0 Å². The van der Waals surface area contributed by atoms with Crippen molar-refractivity contribution in [2.75, 3.05) is 6.54 Å². The number of ether oxygens (including phenoxy) is 1. The fourth-order valence-corrected chi connectivity index (χ4v) is 4.56. The SMILES string of the molecule is CCCNC(=O)[C@H](C)OC(=O)c1ccc2c(c1)S(=O)(=O)c1ccccc1C2=O. The lowest BCUT2D eigenvalue weighted by Crippen LogP contribution is -2.36. The summed E-state index contributed by atoms with van der Waals surface area (Å²) in [6, 6.07) is 9.67. The molecular formula is C20H19NO6S. The molecule has 1 atom stereocenters. The van der Waals surface area contributed by atoms with Crippen molar-refractivity contribution >= 4 is 27.5 Å². The van der Waals surface area contributed by atoms with Crippen LogP contribution in [0.3, 0.4) is 0 Å². The van der Waals surface area contributed by atoms with Gasteiger partial charge in [-0.05, 0) is 43.7 Å². The number of hydrogen-bond acceptors (Lipinski definition) is 6. The molecule has 0 aromatic heterocycles. The number of carbonyl (C=O) groups is 3. The monoisotopic (exact) mass is 401 g/mol. The van der Waals surface area contributed by atoms with Crippen LogP contribution in [0.15, 0.2) is 52.3 Å². The number of carbonyl (C=O) groups excluding carboxylic acids is 3. The number of esters is 1. The van der Waals surface area contributed by atoms with Crippen LogP contribution in [0.5, 0.6) is 0 Å². The first kappa shape index (κ1) is 19.8. The smallest absolute Gasteiger partial charge is 0.338 e. The zero-order valence-corrected chi connectivity index (χ0v) is 16.2. The van der Waals surface area contributed by atoms with Crippen LogP contribution >= 0.6 is 0 Å². The van der Waals surface area contributed by atoms with E-state index >= 15 is 0 Å². The third-order valence-corrected chi connectivity index (χ3v) is 6.23. The molecule has 2 aromatic carbocycles. The molecule has 28 heavy (non-hydrogen) atoms. The molecule has 1 aliphatic heterocycles. The van der Waals surface area contributed by atoms with Gasteiger partial charge in [0.15, 0.2) is 11.9 Å². The van der Waals surface area contributed by atoms with Crippen LogP contribution in [0.25, 0.3) is 0 Å². The fraction of sp³-hybridized carbons (Fsp3) is 0.250. The minimum Gasteiger partial charge on any atom is -0.449 e. The quantitative estimate of drug-likeness (QED) is 0.657. The largest absolute Gasteiger partial charge is 0.449 e. The number of benzene rings is 2. The summed E-state index contributed by atoms with van der Waals surface area (Å²) in [4.78, 5) is 36.5. The maximum Gasteiger partial charge on any atom is 0.338 e. The van der Waals surface area contributed by atoms with E-state index < -0.39 is 33.6 Å². The topological polar surface area (TPSA) is 107 Å². The second kappa shape index (κ2) is 7.55. The second-order valence-corrected chi connectivity index (χ2v) is 8.26. The number of ketones is 1. The van der Waals surface area contributed by atoms with Crippen LogP contribution in [0, 0.1) is 0 Å². The van der Waals surface area contributed by atoms with Crippen molar-refractivity contribution in [1.82, 2.24) is 5.32 Å². The zero-order chi connectivity index (χ0) is 20.5. The molecule has 0 fully saturated rings. The average Bonchev–Trinajstić information content (AvgIpc) is 2.70. The lowest BCUT2D eigenvalue weighted by Gasteiger charge is -2.19. The molecule has 0 spiro atoms. The van der Waals surface area contributed by atoms with Crippen molar-refractivity contribution in [3.8, 4) is 0 Å². The van der Waals surface area contributed by atoms with Crippen molar-refractivity contribution in [2.45, 2.75) is 36.2 Å². The Kier molecular flexibility index (Phi) is 5.33. The number of nitrogens with one attached hydrogen (secondary N) is 1. The van der Waals surface area contributed by atoms with Gasteiger partial charge in [-0.15, -0.1) is 0 Å². The Hall–Kier alpha value is -3.00. The van der Waals surface area contributed by atoms with Crippen LogP contribution in [0.1, 0.15) is 46.5 Å². The number of rotatable bonds is 5. The molecule has 7 nitrogen and oxygen atoms in total. The molecule has 3 rings (SSSR count). The molecule has 0 radical (unpaired) electrons. The Morgan fingerprint density at radius 1 is 1.07 bits per heavy atom. The molecule has 1 amide bonds. The van der Waals surface area contributed by atoms with Gasteiger partial charge in [-0.3, -0.25) is 9.59 Å². The van der Waals surface area contributed by atoms with Gasteiger partial charge in [0.1, 0.15) is 0 Å². The predicted molar refractivity (Wildman–Crippen MR) is 99.9 cm³/mol. The van der Waals surface area contributed by atoms with Crippen molar-refractivity contribution in [1.29, 1.82) is 0 Å². The summed E-state index contributed by atoms with van der Waals surface area (Å²) in [5, 5.41) is 2.61. The van der Waals surface area contributed by atoms with E-state index in [1.54, 1.807) is 6.07 Å². The van der Waals surface area contributed by atoms with Gasteiger partial charge in [0, 0.05) is 17.7 Å². The van der Waals surface area contributed by atoms with Gasteiger partial charge in [0.2, 0.25) is 9.84 Å². The molecule has 8 heteroatoms. The lowest BCUT2D eigenvalue weighted by atomic mass is 10.0. The van der Waals surface area contributed by atoms with Crippen LogP contribution in [0.4, 0.5) is 0 Å². The van der Waals surface area contributed by atoms with E-state index in [0.717, 1.165) is 12.5 Å². The number of amides is 1. The summed E-state index contributed by atoms with van der Waals surface area (Å²) in [6.45, 7) is 3.78. The molecule has 1 aliphatic rings. The molecule has 0 unspecified atom stereocenters. The summed E-state index contributed by atoms with van der Waals surface area (Å²) in [6.07, 6.45) is -0.293. The molecule has 2 aromatic rings. The van der Waals surface area contributed by atoms with Gasteiger partial charge in [0.05, 0.1) is 15.4 Å². The van der Waals surface area contributed by atoms with Gasteiger partial charge >= 0.3 is 5.97 Å². The standard InChI is InChI=1S/C20H19NO6S/c1-3-10-21-19(23)12(2)27-20(24)13-8-9-15-17(11-13)28(25,26)16-7-5-4-6-14(16)18(15)22/h4-9,11-12H,3,10H2,1-2H3,(H,21,23)/t12-/m0/s1. The van der Waals surface area contributed by atoms with E-state index in [1.807, 2.05) is 6.92 Å². The normalized spacial score (nSPS) is 15.1. The molecule has 1 N–H and O–H groups in total. The molecule has 0 saturated heterocycles. The van der Waals surface area contributed by atoms with Gasteiger partial charge < -0.3 is 10.1 Å². The first-order chi connectivity index (χ1) is 13.3. The van der Waals surface area contributed by atoms with Gasteiger partial charge in [-0.25, -0.2) is 13.2 Å². The van der Waals surface area contributed by atoms with Gasteiger partial charge in [-0.1, -0.05) is 19.1 Å². The van der Waals surface area contributed by atoms with Gasteiger partial charge in [0.25, 0.3) is 5.91 Å². The van der Waals surface area contributed by atoms with Crippen molar-refractivity contribution in [3.05, 3.63) is 59.2 Å². The highest BCUT2D eigenvalue weighted by molar-refractivity contribution is 7.91. The maximum absolute atomic E-state index is 12.9. The first-order valence-electron chi connectivity index (χ1n) is 8.79. The van der Waals surface area contributed by atoms with Crippen molar-refractivity contribution < 1.29 is 27.5 Å². The van der Waals surface area contributed by atoms with E-state index in [2.05, 4.69) is 5.32 Å². The summed E-state index contributed by atoms with van der Waals surface area (Å²) in [7, 11) is -3.96. The molecule has 0 aliphatic carbocycles. The van der Waals surface area contributed by atoms with Crippen LogP contribution in [-0.4, -0.2) is 38.7 Å². The third kappa shape index (κ3) is 3.43. The lowest BCUT2D eigenvalue weighted by molar-refractivity contribution is -0.129. The Labute approximate surface area is 162 Å². The number of hydrogen-bond donors (Lipinski definition) is 1. The Morgan fingerprint density at radius 3 is 2.46 bits per heavy atom. The number of sulfone groups is 1. The van der Waals surface area contributed by atoms with E-state index in [1.165, 1.54) is 37.3 Å². The van der Waals surface area contributed by atoms with E-state index in [9.17, 15) is 22.8 Å². The summed E-state index contributed by atoms with van der Waals surface area (Å²) < 4.78 is 30.9. The van der Waals surface area contributed by atoms with E-state index in [4.69, 9.17) is 4.74 Å². The third-order valence-electron chi connectivity index (χ3n) is 4.37. The highest BCUT2D eigenvalue weighted by atomic mass is 32.2. The zero-order valence-electron chi connectivity index (χ0n) is 15.4. The fourth-order valence-electron chi connectivity index (χ4n) is 2.89. The number of fused-ring (bicyclic) bond motifs is 2. The molecular weight excluding hydrogens is 382 g/mol. The summed E-state index contributed by atoms with van der Waals surface area (Å²) in [5.41, 5.74) is 0.0557. The summed E-state index contributed by atoms with van der Waals surface area (Å²) >= 11 is 0. The highest BCUT2D eigenvalue weighted by Gasteiger charge is 2.35. The Balaban J connectivity index is 1.92. The Bertz CT molecular complexity index is 1070. The molecule has 146 valence electrons. The second-order valence-electron chi connectivity index (χ2n) is 6.38. The maximum atomic E-state index is 12.9. The predicted octanol–water partition coefficient (Wildman–Crippen LogP) is 2.14. The average molecular weight is 401 g/mol. The van der Waals surface area contributed by atoms with Crippen LogP contribution in [0.2, 0.25) is 0 Å². The van der Waals surface area contributed by atoms with Gasteiger partial charge in [-0.2, -0.15) is 0 Å². The first-order valence-corrected chi connectivity index (χ1v) is 10.3. The molecule has 0 saturated carbocycles. The minimum atomic E-state index is -3.96. The van der Waals surface area contributed by atoms with Crippen LogP contribution in [-0.2, 0) is 19.4 Å².